The first kappa shape index (κ1) is 24.2. The van der Waals surface area contributed by atoms with Gasteiger partial charge in [0.25, 0.3) is 0 Å². The van der Waals surface area contributed by atoms with E-state index >= 15 is 0 Å². The minimum atomic E-state index is -1.25. The molecule has 0 unspecified atom stereocenters. The fraction of sp³-hybridized carbons (Fsp3) is 0.407. The zero-order chi connectivity index (χ0) is 27.0. The van der Waals surface area contributed by atoms with Crippen LogP contribution in [0.5, 0.6) is 0 Å². The number of likely N-dealkylation sites (tertiary alicyclic amines) is 1. The summed E-state index contributed by atoms with van der Waals surface area (Å²) in [7, 11) is 0. The summed E-state index contributed by atoms with van der Waals surface area (Å²) in [5, 5.41) is 25.5. The highest BCUT2D eigenvalue weighted by Gasteiger charge is 2.90. The van der Waals surface area contributed by atoms with E-state index in [2.05, 4.69) is 10.1 Å². The molecule has 38 heavy (non-hydrogen) atoms. The molecule has 2 aliphatic carbocycles. The van der Waals surface area contributed by atoms with Crippen LogP contribution in [0.1, 0.15) is 48.2 Å². The quantitative estimate of drug-likeness (QED) is 0.373. The van der Waals surface area contributed by atoms with Gasteiger partial charge in [0.05, 0.1) is 29.3 Å². The Bertz CT molecular complexity index is 1520. The molecule has 3 heterocycles. The summed E-state index contributed by atoms with van der Waals surface area (Å²) in [6.07, 6.45) is 3.65. The molecule has 3 aliphatic rings. The lowest BCUT2D eigenvalue weighted by atomic mass is 9.82. The summed E-state index contributed by atoms with van der Waals surface area (Å²) >= 11 is 0. The van der Waals surface area contributed by atoms with Crippen molar-refractivity contribution in [3.63, 3.8) is 0 Å². The SMILES string of the molecule is CC(=O)c1nn(CC(=O)N2[C@H](C(=O)O)C[C@@]3(CO)C[C@]23[C@@]2(C(N)=O)C[C@H]2c2ccccc2)c2cnccc12. The van der Waals surface area contributed by atoms with Crippen molar-refractivity contribution in [3.05, 3.63) is 60.0 Å². The highest BCUT2D eigenvalue weighted by molar-refractivity contribution is 6.05. The summed E-state index contributed by atoms with van der Waals surface area (Å²) in [4.78, 5) is 57.2. The van der Waals surface area contributed by atoms with Crippen molar-refractivity contribution in [2.45, 2.75) is 50.2 Å². The van der Waals surface area contributed by atoms with Crippen LogP contribution >= 0.6 is 0 Å². The van der Waals surface area contributed by atoms with Crippen molar-refractivity contribution < 1.29 is 29.4 Å². The summed E-state index contributed by atoms with van der Waals surface area (Å²) in [6.45, 7) is 0.630. The number of hydrogen-bond acceptors (Lipinski definition) is 7. The first-order valence-corrected chi connectivity index (χ1v) is 12.5. The lowest BCUT2D eigenvalue weighted by Crippen LogP contribution is -2.57. The van der Waals surface area contributed by atoms with E-state index in [0.29, 0.717) is 17.3 Å². The van der Waals surface area contributed by atoms with E-state index in [1.54, 1.807) is 6.07 Å². The molecule has 1 aromatic carbocycles. The number of nitrogens with zero attached hydrogens (tertiary/aromatic N) is 4. The number of amides is 2. The molecule has 1 saturated heterocycles. The Balaban J connectivity index is 1.45. The molecule has 2 aromatic heterocycles. The number of aliphatic hydroxyl groups is 1. The molecule has 11 heteroatoms. The van der Waals surface area contributed by atoms with Crippen LogP contribution < -0.4 is 5.73 Å². The predicted octanol–water partition coefficient (Wildman–Crippen LogP) is 1.10. The van der Waals surface area contributed by atoms with E-state index in [1.807, 2.05) is 30.3 Å². The molecule has 196 valence electrons. The molecule has 6 rings (SSSR count). The van der Waals surface area contributed by atoms with Crippen LogP contribution in [0.25, 0.3) is 10.9 Å². The Kier molecular flexibility index (Phi) is 5.06. The van der Waals surface area contributed by atoms with Crippen LogP contribution in [0.3, 0.4) is 0 Å². The molecule has 2 saturated carbocycles. The summed E-state index contributed by atoms with van der Waals surface area (Å²) < 4.78 is 1.34. The normalized spacial score (nSPS) is 31.2. The number of carboxylic acid groups (broad SMARTS) is 1. The van der Waals surface area contributed by atoms with Gasteiger partial charge in [-0.3, -0.25) is 24.0 Å². The standard InChI is InChI=1S/C27H27N5O6/c1-15(34)22-17-7-8-29-11-20(17)31(30-22)12-21(35)32-19(23(36)37)10-25(14-33)13-27(25,32)26(24(28)38)9-18(26)16-5-3-2-4-6-16/h2-8,11,18-19,33H,9-10,12-14H2,1H3,(H2,28,38)(H,36,37)/t18-,19-,25-,26-,27-/m0/s1. The van der Waals surface area contributed by atoms with Crippen LogP contribution in [0.4, 0.5) is 0 Å². The molecular weight excluding hydrogens is 490 g/mol. The van der Waals surface area contributed by atoms with Gasteiger partial charge in [0.2, 0.25) is 11.8 Å². The van der Waals surface area contributed by atoms with Crippen LogP contribution in [0.15, 0.2) is 48.8 Å². The fourth-order valence-corrected chi connectivity index (χ4v) is 7.33. The number of hydrogen-bond donors (Lipinski definition) is 3. The molecule has 0 spiro atoms. The number of carbonyl (C=O) groups excluding carboxylic acids is 3. The number of primary amides is 1. The molecular formula is C27H27N5O6. The Morgan fingerprint density at radius 3 is 2.50 bits per heavy atom. The first-order valence-electron chi connectivity index (χ1n) is 12.5. The number of nitrogens with two attached hydrogens (primary N) is 1. The second kappa shape index (κ2) is 7.94. The van der Waals surface area contributed by atoms with E-state index in [-0.39, 0.29) is 43.4 Å². The maximum absolute atomic E-state index is 14.1. The van der Waals surface area contributed by atoms with Crippen molar-refractivity contribution in [2.75, 3.05) is 6.61 Å². The van der Waals surface area contributed by atoms with E-state index in [9.17, 15) is 29.4 Å². The monoisotopic (exact) mass is 517 g/mol. The number of benzene rings is 1. The number of carbonyl (C=O) groups is 4. The zero-order valence-corrected chi connectivity index (χ0v) is 20.7. The number of Topliss-reactive ketones (excluding diaryl/α,β-unsaturated/α-hetero) is 1. The Morgan fingerprint density at radius 1 is 1.13 bits per heavy atom. The van der Waals surface area contributed by atoms with E-state index < -0.39 is 40.2 Å². The van der Waals surface area contributed by atoms with E-state index in [0.717, 1.165) is 5.56 Å². The van der Waals surface area contributed by atoms with Crippen molar-refractivity contribution in [3.8, 4) is 0 Å². The van der Waals surface area contributed by atoms with Gasteiger partial charge in [-0.1, -0.05) is 30.3 Å². The number of pyridine rings is 1. The minimum absolute atomic E-state index is 0.0151. The topological polar surface area (TPSA) is 169 Å². The number of carboxylic acids is 1. The number of ketones is 1. The zero-order valence-electron chi connectivity index (χ0n) is 20.7. The van der Waals surface area contributed by atoms with E-state index in [1.165, 1.54) is 28.9 Å². The number of fused-ring (bicyclic) bond motifs is 2. The molecule has 3 fully saturated rings. The van der Waals surface area contributed by atoms with Crippen molar-refractivity contribution in [1.29, 1.82) is 0 Å². The van der Waals surface area contributed by atoms with E-state index in [4.69, 9.17) is 5.73 Å². The van der Waals surface area contributed by atoms with Crippen LogP contribution in [-0.4, -0.2) is 71.6 Å². The van der Waals surface area contributed by atoms with Crippen molar-refractivity contribution >= 4 is 34.5 Å². The number of piperidine rings is 1. The van der Waals surface area contributed by atoms with Gasteiger partial charge < -0.3 is 20.8 Å². The number of aliphatic carboxylic acids is 1. The van der Waals surface area contributed by atoms with Gasteiger partial charge in [-0.2, -0.15) is 5.10 Å². The third-order valence-corrected chi connectivity index (χ3v) is 9.02. The Hall–Kier alpha value is -4.12. The fourth-order valence-electron chi connectivity index (χ4n) is 7.33. The number of aliphatic hydroxyl groups excluding tert-OH is 1. The number of rotatable bonds is 8. The largest absolute Gasteiger partial charge is 0.480 e. The lowest BCUT2D eigenvalue weighted by molar-refractivity contribution is -0.154. The van der Waals surface area contributed by atoms with Gasteiger partial charge in [-0.05, 0) is 30.9 Å². The molecule has 0 radical (unpaired) electrons. The molecule has 4 N–H and O–H groups in total. The third-order valence-electron chi connectivity index (χ3n) is 9.02. The average Bonchev–Trinajstić information content (AvgIpc) is 3.75. The highest BCUT2D eigenvalue weighted by Crippen LogP contribution is 2.83. The predicted molar refractivity (Wildman–Crippen MR) is 133 cm³/mol. The summed E-state index contributed by atoms with van der Waals surface area (Å²) in [5.41, 5.74) is 4.14. The van der Waals surface area contributed by atoms with Crippen molar-refractivity contribution in [1.82, 2.24) is 19.7 Å². The highest BCUT2D eigenvalue weighted by atomic mass is 16.4. The smallest absolute Gasteiger partial charge is 0.326 e. The second-order valence-corrected chi connectivity index (χ2v) is 10.8. The van der Waals surface area contributed by atoms with Gasteiger partial charge in [0.15, 0.2) is 5.78 Å². The summed E-state index contributed by atoms with van der Waals surface area (Å²) in [6, 6.07) is 9.72. The maximum atomic E-state index is 14.1. The molecule has 1 aliphatic heterocycles. The molecule has 3 aromatic rings. The van der Waals surface area contributed by atoms with Gasteiger partial charge in [0, 0.05) is 29.8 Å². The minimum Gasteiger partial charge on any atom is -0.480 e. The lowest BCUT2D eigenvalue weighted by Gasteiger charge is -2.38. The molecule has 2 amide bonds. The number of aromatic nitrogens is 3. The van der Waals surface area contributed by atoms with Gasteiger partial charge in [0.1, 0.15) is 18.3 Å². The van der Waals surface area contributed by atoms with Crippen LogP contribution in [0, 0.1) is 10.8 Å². The first-order chi connectivity index (χ1) is 18.1. The van der Waals surface area contributed by atoms with Gasteiger partial charge in [-0.15, -0.1) is 0 Å². The Morgan fingerprint density at radius 2 is 1.87 bits per heavy atom. The second-order valence-electron chi connectivity index (χ2n) is 10.8. The average molecular weight is 518 g/mol. The summed E-state index contributed by atoms with van der Waals surface area (Å²) in [5.74, 6) is -3.00. The van der Waals surface area contributed by atoms with Gasteiger partial charge in [-0.25, -0.2) is 4.79 Å². The van der Waals surface area contributed by atoms with Gasteiger partial charge >= 0.3 is 5.97 Å². The third kappa shape index (κ3) is 2.93. The maximum Gasteiger partial charge on any atom is 0.326 e. The molecule has 11 nitrogen and oxygen atoms in total. The van der Waals surface area contributed by atoms with Crippen LogP contribution in [0.2, 0.25) is 0 Å². The Labute approximate surface area is 217 Å². The molecule has 5 atom stereocenters. The van der Waals surface area contributed by atoms with Crippen molar-refractivity contribution in [2.24, 2.45) is 16.6 Å². The molecule has 0 bridgehead atoms. The van der Waals surface area contributed by atoms with Crippen LogP contribution in [-0.2, 0) is 20.9 Å².